The highest BCUT2D eigenvalue weighted by Gasteiger charge is 2.16. The number of anilines is 1. The summed E-state index contributed by atoms with van der Waals surface area (Å²) in [7, 11) is -4.71. The maximum atomic E-state index is 11.6. The molecule has 1 aliphatic carbocycles. The second kappa shape index (κ2) is 13.2. The second-order valence-electron chi connectivity index (χ2n) is 10.8. The molecule has 2 N–H and O–H groups in total. The van der Waals surface area contributed by atoms with Gasteiger partial charge in [0.05, 0.1) is 9.79 Å². The Balaban J connectivity index is 1.41. The third kappa shape index (κ3) is 7.92. The van der Waals surface area contributed by atoms with Crippen LogP contribution in [-0.2, 0) is 33.3 Å². The van der Waals surface area contributed by atoms with Crippen LogP contribution in [0.25, 0.3) is 5.57 Å². The fraction of sp³-hybridized carbons (Fsp3) is 0.114. The van der Waals surface area contributed by atoms with E-state index < -0.39 is 20.2 Å². The monoisotopic (exact) mass is 641 g/mol. The van der Waals surface area contributed by atoms with Crippen LogP contribution in [-0.4, -0.2) is 50.3 Å². The zero-order valence-electron chi connectivity index (χ0n) is 24.8. The average molecular weight is 642 g/mol. The van der Waals surface area contributed by atoms with Crippen molar-refractivity contribution in [3.63, 3.8) is 0 Å². The van der Waals surface area contributed by atoms with Crippen molar-refractivity contribution in [3.8, 4) is 0 Å². The molecule has 0 bridgehead atoms. The molecule has 0 radical (unpaired) electrons. The molecule has 8 nitrogen and oxygen atoms in total. The lowest BCUT2D eigenvalue weighted by molar-refractivity contribution is -0.512. The van der Waals surface area contributed by atoms with Crippen LogP contribution < -0.4 is 4.90 Å². The lowest BCUT2D eigenvalue weighted by atomic mass is 9.90. The maximum absolute atomic E-state index is 11.6. The van der Waals surface area contributed by atoms with Gasteiger partial charge in [0.25, 0.3) is 20.2 Å². The van der Waals surface area contributed by atoms with Crippen LogP contribution in [0, 0.1) is 0 Å². The molecule has 0 saturated heterocycles. The smallest absolute Gasteiger partial charge is 0.294 e. The van der Waals surface area contributed by atoms with Gasteiger partial charge >= 0.3 is 0 Å². The Kier molecular flexibility index (Phi) is 9.31. The van der Waals surface area contributed by atoms with E-state index in [0.29, 0.717) is 13.1 Å². The lowest BCUT2D eigenvalue weighted by Gasteiger charge is -2.21. The van der Waals surface area contributed by atoms with Crippen molar-refractivity contribution in [2.75, 3.05) is 19.0 Å². The first kappa shape index (κ1) is 31.8. The summed E-state index contributed by atoms with van der Waals surface area (Å²) in [4.78, 5) is 1.74. The normalized spacial score (nSPS) is 13.2. The second-order valence-corrected chi connectivity index (χ2v) is 13.6. The molecule has 5 rings (SSSR count). The van der Waals surface area contributed by atoms with Gasteiger partial charge in [-0.25, -0.2) is 4.58 Å². The van der Waals surface area contributed by atoms with Crippen LogP contribution in [0.1, 0.15) is 22.3 Å². The van der Waals surface area contributed by atoms with Gasteiger partial charge in [0.15, 0.2) is 12.3 Å². The number of hydrogen-bond acceptors (Lipinski definition) is 5. The highest BCUT2D eigenvalue weighted by Crippen LogP contribution is 2.31. The van der Waals surface area contributed by atoms with E-state index in [-0.39, 0.29) is 9.79 Å². The Morgan fingerprint density at radius 1 is 0.667 bits per heavy atom. The molecule has 10 heteroatoms. The maximum Gasteiger partial charge on any atom is 0.294 e. The van der Waals surface area contributed by atoms with E-state index in [2.05, 4.69) is 36.4 Å². The molecule has 0 aromatic heterocycles. The minimum Gasteiger partial charge on any atom is -0.370 e. The zero-order valence-corrected chi connectivity index (χ0v) is 26.4. The van der Waals surface area contributed by atoms with Crippen molar-refractivity contribution in [2.45, 2.75) is 22.9 Å². The summed E-state index contributed by atoms with van der Waals surface area (Å²) in [5, 5.41) is 0. The van der Waals surface area contributed by atoms with E-state index >= 15 is 0 Å². The highest BCUT2D eigenvalue weighted by molar-refractivity contribution is 7.86. The molecule has 0 fully saturated rings. The van der Waals surface area contributed by atoms with Gasteiger partial charge in [-0.05, 0) is 76.4 Å². The molecular weight excluding hydrogens is 609 g/mol. The van der Waals surface area contributed by atoms with Gasteiger partial charge in [-0.3, -0.25) is 9.11 Å². The van der Waals surface area contributed by atoms with Crippen molar-refractivity contribution >= 4 is 37.2 Å². The van der Waals surface area contributed by atoms with Gasteiger partial charge in [0, 0.05) is 37.0 Å². The molecule has 0 spiro atoms. The Bertz CT molecular complexity index is 2050. The van der Waals surface area contributed by atoms with Crippen LogP contribution in [0.15, 0.2) is 143 Å². The summed E-state index contributed by atoms with van der Waals surface area (Å²) >= 11 is 0. The van der Waals surface area contributed by atoms with Crippen LogP contribution in [0.5, 0.6) is 0 Å². The van der Waals surface area contributed by atoms with E-state index in [1.54, 1.807) is 12.1 Å². The molecule has 0 heterocycles. The summed E-state index contributed by atoms with van der Waals surface area (Å²) < 4.78 is 67.0. The van der Waals surface area contributed by atoms with Crippen LogP contribution in [0.3, 0.4) is 0 Å². The molecule has 0 amide bonds. The van der Waals surface area contributed by atoms with E-state index in [0.717, 1.165) is 44.8 Å². The molecule has 230 valence electrons. The van der Waals surface area contributed by atoms with Crippen LogP contribution in [0.4, 0.5) is 5.69 Å². The quantitative estimate of drug-likeness (QED) is 0.170. The Labute approximate surface area is 264 Å². The SMILES string of the molecule is CN(Cc1cccc(S(=O)(=O)O)c1)c1ccc(C(=C2C=CC(=[N+](C)Cc3cccc(S(=O)(=O)O)c3)C=C2)c2ccccc2)cc1. The van der Waals surface area contributed by atoms with Gasteiger partial charge in [-0.2, -0.15) is 16.8 Å². The van der Waals surface area contributed by atoms with Gasteiger partial charge in [0.2, 0.25) is 0 Å². The first-order chi connectivity index (χ1) is 21.4. The molecule has 45 heavy (non-hydrogen) atoms. The number of nitrogens with zero attached hydrogens (tertiary/aromatic N) is 2. The number of rotatable bonds is 9. The van der Waals surface area contributed by atoms with Crippen molar-refractivity contribution in [2.24, 2.45) is 0 Å². The van der Waals surface area contributed by atoms with E-state index in [4.69, 9.17) is 0 Å². The average Bonchev–Trinajstić information content (AvgIpc) is 3.02. The fourth-order valence-corrected chi connectivity index (χ4v) is 6.31. The number of allylic oxidation sites excluding steroid dienone is 5. The largest absolute Gasteiger partial charge is 0.370 e. The van der Waals surface area contributed by atoms with E-state index in [1.807, 2.05) is 78.2 Å². The minimum atomic E-state index is -4.27. The number of hydrogen-bond donors (Lipinski definition) is 2. The summed E-state index contributed by atoms with van der Waals surface area (Å²) in [5.41, 5.74) is 7.56. The molecule has 0 atom stereocenters. The van der Waals surface area contributed by atoms with Crippen LogP contribution in [0.2, 0.25) is 0 Å². The first-order valence-electron chi connectivity index (χ1n) is 14.1. The highest BCUT2D eigenvalue weighted by atomic mass is 32.2. The summed E-state index contributed by atoms with van der Waals surface area (Å²) in [6, 6.07) is 30.8. The zero-order chi connectivity index (χ0) is 32.2. The molecule has 4 aromatic carbocycles. The molecule has 1 aliphatic rings. The summed E-state index contributed by atoms with van der Waals surface area (Å²) in [6.07, 6.45) is 8.16. The first-order valence-corrected chi connectivity index (χ1v) is 16.9. The fourth-order valence-electron chi connectivity index (χ4n) is 5.21. The van der Waals surface area contributed by atoms with Crippen LogP contribution >= 0.6 is 0 Å². The molecule has 0 aliphatic heterocycles. The van der Waals surface area contributed by atoms with Gasteiger partial charge in [-0.15, -0.1) is 0 Å². The van der Waals surface area contributed by atoms with Crippen molar-refractivity contribution in [3.05, 3.63) is 155 Å². The molecule has 0 saturated carbocycles. The predicted octanol–water partition coefficient (Wildman–Crippen LogP) is 6.03. The Hall–Kier alpha value is -4.61. The molecule has 4 aromatic rings. The third-order valence-electron chi connectivity index (χ3n) is 7.49. The van der Waals surface area contributed by atoms with E-state index in [9.17, 15) is 25.9 Å². The third-order valence-corrected chi connectivity index (χ3v) is 9.19. The minimum absolute atomic E-state index is 0.130. The van der Waals surface area contributed by atoms with Gasteiger partial charge in [0.1, 0.15) is 7.05 Å². The lowest BCUT2D eigenvalue weighted by Crippen LogP contribution is -2.16. The van der Waals surface area contributed by atoms with Crippen molar-refractivity contribution < 1.29 is 30.5 Å². The van der Waals surface area contributed by atoms with Crippen molar-refractivity contribution in [1.29, 1.82) is 0 Å². The Morgan fingerprint density at radius 3 is 1.78 bits per heavy atom. The van der Waals surface area contributed by atoms with Gasteiger partial charge in [-0.1, -0.05) is 66.7 Å². The van der Waals surface area contributed by atoms with Gasteiger partial charge < -0.3 is 4.90 Å². The topological polar surface area (TPSA) is 115 Å². The summed E-state index contributed by atoms with van der Waals surface area (Å²) in [5.74, 6) is 0. The molecular formula is C35H33N2O6S2+. The summed E-state index contributed by atoms with van der Waals surface area (Å²) in [6.45, 7) is 0.903. The standard InChI is InChI=1S/C35H32N2O6S2/c1-36(24-26-8-6-12-33(22-26)44(38,39)40)31-18-14-29(15-19-31)35(28-10-4-3-5-11-28)30-16-20-32(21-17-30)37(2)25-27-9-7-13-34(23-27)45(41,42)43/h3-23H,24-25H2,1-2H3,(H-,38,39,40,41,42,43)/p+1. The molecule has 0 unspecified atom stereocenters. The Morgan fingerprint density at radius 2 is 1.20 bits per heavy atom. The van der Waals surface area contributed by atoms with Crippen molar-refractivity contribution in [1.82, 2.24) is 0 Å². The predicted molar refractivity (Wildman–Crippen MR) is 177 cm³/mol. The number of benzene rings is 4. The van der Waals surface area contributed by atoms with E-state index in [1.165, 1.54) is 24.3 Å².